The van der Waals surface area contributed by atoms with Gasteiger partial charge in [-0.25, -0.2) is 0 Å². The minimum Gasteiger partial charge on any atom is -0.508 e. The molecular weight excluding hydrogens is 504 g/mol. The number of anilines is 1. The fourth-order valence-corrected chi connectivity index (χ4v) is 7.07. The average molecular weight is 541 g/mol. The van der Waals surface area contributed by atoms with Gasteiger partial charge in [0.15, 0.2) is 11.4 Å². The molecule has 1 aromatic rings. The molecule has 39 heavy (non-hydrogen) atoms. The first kappa shape index (κ1) is 27.2. The number of phenolic OH excluding ortho intramolecular Hbond substituents is 1. The predicted octanol–water partition coefficient (Wildman–Crippen LogP) is 0.494. The number of carbonyl (C=O) groups excluding carboxylic acids is 3. The van der Waals surface area contributed by atoms with Crippen LogP contribution in [0, 0.1) is 11.8 Å². The zero-order valence-electron chi connectivity index (χ0n) is 22.6. The number of amides is 1. The summed E-state index contributed by atoms with van der Waals surface area (Å²) >= 11 is 0. The Morgan fingerprint density at radius 2 is 1.74 bits per heavy atom. The molecule has 1 amide bonds. The van der Waals surface area contributed by atoms with Gasteiger partial charge in [-0.1, -0.05) is 6.07 Å². The number of carbonyl (C=O) groups is 3. The number of nitrogens with zero attached hydrogens (tertiary/aromatic N) is 3. The van der Waals surface area contributed by atoms with Crippen molar-refractivity contribution in [2.75, 3.05) is 46.2 Å². The molecule has 1 aliphatic heterocycles. The predicted molar refractivity (Wildman–Crippen MR) is 143 cm³/mol. The van der Waals surface area contributed by atoms with E-state index in [4.69, 9.17) is 5.73 Å². The molecule has 11 heteroatoms. The normalized spacial score (nSPS) is 29.8. The van der Waals surface area contributed by atoms with E-state index >= 15 is 0 Å². The number of aliphatic hydroxyl groups is 3. The fourth-order valence-electron chi connectivity index (χ4n) is 7.07. The molecule has 0 spiro atoms. The summed E-state index contributed by atoms with van der Waals surface area (Å²) in [5.41, 5.74) is 3.05. The van der Waals surface area contributed by atoms with Gasteiger partial charge in [-0.2, -0.15) is 0 Å². The Labute approximate surface area is 226 Å². The highest BCUT2D eigenvalue weighted by molar-refractivity contribution is 6.24. The topological polar surface area (TPSA) is 168 Å². The first-order valence-corrected chi connectivity index (χ1v) is 13.2. The maximum atomic E-state index is 14.0. The summed E-state index contributed by atoms with van der Waals surface area (Å²) in [6.07, 6.45) is 2.17. The molecular formula is C28H36N4O7. The number of Topliss-reactive ketones (excluding diaryl/α,β-unsaturated/α-hetero) is 2. The average Bonchev–Trinajstić information content (AvgIpc) is 2.86. The first-order chi connectivity index (χ1) is 18.3. The molecule has 210 valence electrons. The monoisotopic (exact) mass is 540 g/mol. The summed E-state index contributed by atoms with van der Waals surface area (Å²) in [7, 11) is 7.11. The minimum absolute atomic E-state index is 0.0732. The van der Waals surface area contributed by atoms with Crippen LogP contribution in [0.4, 0.5) is 5.69 Å². The molecule has 1 aromatic carbocycles. The molecule has 0 unspecified atom stereocenters. The lowest BCUT2D eigenvalue weighted by Gasteiger charge is -2.50. The summed E-state index contributed by atoms with van der Waals surface area (Å²) < 4.78 is 0. The standard InChI is InChI=1S/C28H36N4O7/c1-30(2)21-16-12-14-11-13-5-6-17(32(4)15-7-9-31(3)10-8-15)22(33)18(13)23(34)19(14)25(36)28(16,39)26(37)20(24(21)35)27(29)38/h5-6,14-16,21,33-34,37,39H,7-12H2,1-4H3,(H2,29,38)/t14-,16-,21-,28-/m0/s1. The second-order valence-corrected chi connectivity index (χ2v) is 11.6. The van der Waals surface area contributed by atoms with E-state index in [1.165, 1.54) is 4.90 Å². The second kappa shape index (κ2) is 9.35. The van der Waals surface area contributed by atoms with E-state index < -0.39 is 58.0 Å². The third kappa shape index (κ3) is 3.86. The van der Waals surface area contributed by atoms with Crippen molar-refractivity contribution in [3.63, 3.8) is 0 Å². The Kier molecular flexibility index (Phi) is 6.52. The lowest BCUT2D eigenvalue weighted by molar-refractivity contribution is -0.153. The van der Waals surface area contributed by atoms with Gasteiger partial charge in [-0.15, -0.1) is 0 Å². The number of likely N-dealkylation sites (tertiary alicyclic amines) is 1. The van der Waals surface area contributed by atoms with Gasteiger partial charge in [0, 0.05) is 24.6 Å². The summed E-state index contributed by atoms with van der Waals surface area (Å²) in [6.45, 7) is 1.85. The van der Waals surface area contributed by atoms with Gasteiger partial charge < -0.3 is 36.0 Å². The molecule has 1 saturated heterocycles. The van der Waals surface area contributed by atoms with Gasteiger partial charge >= 0.3 is 0 Å². The number of fused-ring (bicyclic) bond motifs is 3. The van der Waals surface area contributed by atoms with Gasteiger partial charge in [-0.05, 0) is 77.5 Å². The third-order valence-electron chi connectivity index (χ3n) is 9.19. The molecule has 2 fully saturated rings. The molecule has 1 saturated carbocycles. The van der Waals surface area contributed by atoms with Crippen molar-refractivity contribution in [3.05, 3.63) is 40.2 Å². The summed E-state index contributed by atoms with van der Waals surface area (Å²) in [6, 6.07) is 2.73. The van der Waals surface area contributed by atoms with Crippen molar-refractivity contribution in [2.45, 2.75) is 43.4 Å². The van der Waals surface area contributed by atoms with Gasteiger partial charge in [0.05, 0.1) is 17.3 Å². The van der Waals surface area contributed by atoms with Crippen LogP contribution in [-0.4, -0.2) is 107 Å². The number of ketones is 2. The van der Waals surface area contributed by atoms with Crippen molar-refractivity contribution in [2.24, 2.45) is 17.6 Å². The molecule has 0 aromatic heterocycles. The number of aliphatic hydroxyl groups excluding tert-OH is 2. The van der Waals surface area contributed by atoms with Gasteiger partial charge in [0.1, 0.15) is 22.8 Å². The fraction of sp³-hybridized carbons (Fsp3) is 0.536. The third-order valence-corrected chi connectivity index (χ3v) is 9.19. The van der Waals surface area contributed by atoms with E-state index in [2.05, 4.69) is 11.9 Å². The van der Waals surface area contributed by atoms with E-state index in [9.17, 15) is 34.8 Å². The molecule has 0 radical (unpaired) electrons. The number of primary amides is 1. The van der Waals surface area contributed by atoms with E-state index in [0.717, 1.165) is 25.9 Å². The van der Waals surface area contributed by atoms with E-state index in [1.807, 2.05) is 24.1 Å². The molecule has 5 rings (SSSR count). The highest BCUT2D eigenvalue weighted by Crippen LogP contribution is 2.53. The van der Waals surface area contributed by atoms with Crippen LogP contribution in [0.1, 0.15) is 30.4 Å². The summed E-state index contributed by atoms with van der Waals surface area (Å²) in [4.78, 5) is 44.9. The smallest absolute Gasteiger partial charge is 0.255 e. The molecule has 4 atom stereocenters. The highest BCUT2D eigenvalue weighted by Gasteiger charge is 2.64. The molecule has 4 aliphatic rings. The number of piperidine rings is 1. The number of rotatable bonds is 4. The van der Waals surface area contributed by atoms with Gasteiger partial charge in [0.2, 0.25) is 5.78 Å². The number of phenols is 1. The zero-order chi connectivity index (χ0) is 28.5. The number of aromatic hydroxyl groups is 1. The van der Waals surface area contributed by atoms with Gasteiger partial charge in [0.25, 0.3) is 5.91 Å². The van der Waals surface area contributed by atoms with Crippen molar-refractivity contribution in [1.82, 2.24) is 9.80 Å². The largest absolute Gasteiger partial charge is 0.508 e. The Balaban J connectivity index is 1.61. The SMILES string of the molecule is CN1CCC(N(C)c2ccc3c(c2O)C(O)=C2C(=O)[C@]4(O)C(O)=C(C(N)=O)C(=O)[C@@H](N(C)C)[C@@H]4C[C@@H]2C3)CC1. The van der Waals surface area contributed by atoms with Crippen LogP contribution < -0.4 is 10.6 Å². The first-order valence-electron chi connectivity index (χ1n) is 13.2. The number of hydrogen-bond donors (Lipinski definition) is 5. The van der Waals surface area contributed by atoms with Crippen LogP contribution in [0.3, 0.4) is 0 Å². The van der Waals surface area contributed by atoms with E-state index in [0.29, 0.717) is 11.3 Å². The van der Waals surface area contributed by atoms with Gasteiger partial charge in [-0.3, -0.25) is 19.3 Å². The molecule has 3 aliphatic carbocycles. The van der Waals surface area contributed by atoms with Crippen molar-refractivity contribution >= 4 is 28.9 Å². The molecule has 6 N–H and O–H groups in total. The molecule has 0 bridgehead atoms. The van der Waals surface area contributed by atoms with E-state index in [1.54, 1.807) is 14.1 Å². The van der Waals surface area contributed by atoms with Crippen LogP contribution in [-0.2, 0) is 20.8 Å². The van der Waals surface area contributed by atoms with Crippen molar-refractivity contribution < 1.29 is 34.8 Å². The van der Waals surface area contributed by atoms with E-state index in [-0.39, 0.29) is 35.8 Å². The minimum atomic E-state index is -2.64. The number of likely N-dealkylation sites (N-methyl/N-ethyl adjacent to an activating group) is 1. The number of nitrogens with two attached hydrogens (primary N) is 1. The second-order valence-electron chi connectivity index (χ2n) is 11.6. The van der Waals surface area contributed by atoms with Crippen molar-refractivity contribution in [1.29, 1.82) is 0 Å². The maximum absolute atomic E-state index is 14.0. The van der Waals surface area contributed by atoms with Crippen LogP contribution in [0.5, 0.6) is 5.75 Å². The zero-order valence-corrected chi connectivity index (χ0v) is 22.6. The molecule has 11 nitrogen and oxygen atoms in total. The summed E-state index contributed by atoms with van der Waals surface area (Å²) in [5, 5.41) is 45.5. The van der Waals surface area contributed by atoms with Crippen LogP contribution in [0.25, 0.3) is 5.76 Å². The highest BCUT2D eigenvalue weighted by atomic mass is 16.3. The van der Waals surface area contributed by atoms with Crippen LogP contribution >= 0.6 is 0 Å². The number of benzene rings is 1. The Bertz CT molecular complexity index is 1330. The lowest BCUT2D eigenvalue weighted by atomic mass is 9.57. The van der Waals surface area contributed by atoms with Crippen LogP contribution in [0.15, 0.2) is 29.0 Å². The lowest BCUT2D eigenvalue weighted by Crippen LogP contribution is -2.65. The Morgan fingerprint density at radius 3 is 2.33 bits per heavy atom. The van der Waals surface area contributed by atoms with Crippen molar-refractivity contribution in [3.8, 4) is 5.75 Å². The maximum Gasteiger partial charge on any atom is 0.255 e. The number of hydrogen-bond acceptors (Lipinski definition) is 10. The molecule has 1 heterocycles. The Hall–Kier alpha value is -3.41. The van der Waals surface area contributed by atoms with Crippen LogP contribution in [0.2, 0.25) is 0 Å². The quantitative estimate of drug-likeness (QED) is 0.339. The Morgan fingerprint density at radius 1 is 1.10 bits per heavy atom. The summed E-state index contributed by atoms with van der Waals surface area (Å²) in [5.74, 6) is -6.40.